The van der Waals surface area contributed by atoms with Gasteiger partial charge in [0, 0.05) is 12.3 Å². The van der Waals surface area contributed by atoms with E-state index in [1.165, 1.54) is 12.8 Å². The van der Waals surface area contributed by atoms with Crippen LogP contribution in [0, 0.1) is 17.8 Å². The molecule has 0 aliphatic heterocycles. The summed E-state index contributed by atoms with van der Waals surface area (Å²) in [5.41, 5.74) is 0. The Morgan fingerprint density at radius 2 is 2.29 bits per heavy atom. The molecule has 1 aliphatic carbocycles. The summed E-state index contributed by atoms with van der Waals surface area (Å²) in [5.74, 6) is 7.01. The van der Waals surface area contributed by atoms with Crippen LogP contribution in [0.2, 0.25) is 0 Å². The van der Waals surface area contributed by atoms with E-state index in [1.54, 1.807) is 0 Å². The third-order valence-electron chi connectivity index (χ3n) is 1.06. The topological polar surface area (TPSA) is 0 Å². The number of hydrogen-bond donors (Lipinski definition) is 0. The molecule has 0 aromatic rings. The van der Waals surface area contributed by atoms with Crippen LogP contribution in [0.3, 0.4) is 0 Å². The Kier molecular flexibility index (Phi) is 1.36. The van der Waals surface area contributed by atoms with Gasteiger partial charge in [0.2, 0.25) is 0 Å². The van der Waals surface area contributed by atoms with Crippen molar-refractivity contribution >= 4 is 0 Å². The Morgan fingerprint density at radius 1 is 1.57 bits per heavy atom. The number of rotatable bonds is 0. The van der Waals surface area contributed by atoms with E-state index >= 15 is 0 Å². The summed E-state index contributed by atoms with van der Waals surface area (Å²) in [5, 5.41) is 0. The fourth-order valence-electron chi connectivity index (χ4n) is 0.474. The molecule has 0 heteroatoms. The maximum atomic E-state index is 3.16. The first-order valence-corrected chi connectivity index (χ1v) is 2.92. The summed E-state index contributed by atoms with van der Waals surface area (Å²) < 4.78 is 0. The highest BCUT2D eigenvalue weighted by Gasteiger charge is 2.17. The lowest BCUT2D eigenvalue weighted by Crippen LogP contribution is -1.60. The lowest BCUT2D eigenvalue weighted by atomic mass is 10.4. The van der Waals surface area contributed by atoms with Crippen molar-refractivity contribution in [3.8, 4) is 11.8 Å². The molecule has 0 nitrogen and oxygen atoms in total. The van der Waals surface area contributed by atoms with Crippen LogP contribution >= 0.6 is 0 Å². The quantitative estimate of drug-likeness (QED) is 0.401. The maximum absolute atomic E-state index is 3.16. The van der Waals surface area contributed by atoms with E-state index in [2.05, 4.69) is 18.8 Å². The molecule has 0 amide bonds. The first-order chi connectivity index (χ1) is 3.43. The monoisotopic (exact) mass is 94.1 g/mol. The zero-order valence-corrected chi connectivity index (χ0v) is 4.70. The molecule has 38 valence electrons. The summed E-state index contributed by atoms with van der Waals surface area (Å²) in [6.07, 6.45) is 3.73. The molecule has 0 spiro atoms. The highest BCUT2D eigenvalue weighted by Crippen LogP contribution is 2.27. The molecule has 0 aromatic heterocycles. The van der Waals surface area contributed by atoms with Crippen LogP contribution in [0.4, 0.5) is 0 Å². The van der Waals surface area contributed by atoms with E-state index in [9.17, 15) is 0 Å². The molecule has 1 fully saturated rings. The average molecular weight is 94.2 g/mol. The highest BCUT2D eigenvalue weighted by molar-refractivity contribution is 5.08. The first-order valence-electron chi connectivity index (χ1n) is 2.92. The molecule has 7 heavy (non-hydrogen) atoms. The molecule has 0 radical (unpaired) electrons. The second kappa shape index (κ2) is 2.02. The van der Waals surface area contributed by atoms with Crippen LogP contribution in [0.15, 0.2) is 0 Å². The zero-order chi connectivity index (χ0) is 5.11. The molecule has 0 unspecified atom stereocenters. The van der Waals surface area contributed by atoms with Gasteiger partial charge in [0.25, 0.3) is 0 Å². The van der Waals surface area contributed by atoms with Crippen molar-refractivity contribution in [2.75, 3.05) is 0 Å². The molecule has 1 saturated carbocycles. The molecule has 0 aromatic carbocycles. The third-order valence-corrected chi connectivity index (χ3v) is 1.06. The summed E-state index contributed by atoms with van der Waals surface area (Å²) in [7, 11) is 0. The van der Waals surface area contributed by atoms with Crippen molar-refractivity contribution in [2.24, 2.45) is 5.92 Å². The zero-order valence-electron chi connectivity index (χ0n) is 4.70. The van der Waals surface area contributed by atoms with Gasteiger partial charge in [-0.3, -0.25) is 0 Å². The van der Waals surface area contributed by atoms with Crippen LogP contribution < -0.4 is 0 Å². The van der Waals surface area contributed by atoms with Gasteiger partial charge in [0.1, 0.15) is 0 Å². The van der Waals surface area contributed by atoms with Crippen LogP contribution in [0.5, 0.6) is 0 Å². The number of hydrogen-bond acceptors (Lipinski definition) is 0. The Morgan fingerprint density at radius 3 is 2.71 bits per heavy atom. The molecule has 0 saturated heterocycles. The van der Waals surface area contributed by atoms with Gasteiger partial charge in [0.15, 0.2) is 0 Å². The van der Waals surface area contributed by atoms with E-state index in [0.717, 1.165) is 12.3 Å². The third kappa shape index (κ3) is 1.64. The van der Waals surface area contributed by atoms with Gasteiger partial charge in [0.05, 0.1) is 0 Å². The molecule has 0 bridgehead atoms. The molecule has 0 heterocycles. The van der Waals surface area contributed by atoms with Crippen molar-refractivity contribution in [2.45, 2.75) is 26.2 Å². The van der Waals surface area contributed by atoms with Gasteiger partial charge in [-0.15, -0.1) is 5.92 Å². The van der Waals surface area contributed by atoms with E-state index < -0.39 is 0 Å². The maximum Gasteiger partial charge on any atom is 0.0203 e. The Hall–Kier alpha value is -0.440. The fourth-order valence-corrected chi connectivity index (χ4v) is 0.474. The van der Waals surface area contributed by atoms with Crippen LogP contribution in [-0.2, 0) is 0 Å². The van der Waals surface area contributed by atoms with Gasteiger partial charge in [-0.05, 0) is 12.8 Å². The summed E-state index contributed by atoms with van der Waals surface area (Å²) in [4.78, 5) is 0. The molecule has 1 aliphatic rings. The summed E-state index contributed by atoms with van der Waals surface area (Å²) >= 11 is 0. The van der Waals surface area contributed by atoms with Gasteiger partial charge < -0.3 is 0 Å². The van der Waals surface area contributed by atoms with Crippen LogP contribution in [0.1, 0.15) is 26.2 Å². The van der Waals surface area contributed by atoms with Crippen molar-refractivity contribution < 1.29 is 0 Å². The van der Waals surface area contributed by atoms with E-state index in [1.807, 2.05) is 0 Å². The Bertz CT molecular complexity index is 98.9. The molecule has 1 rings (SSSR count). The molecular weight excluding hydrogens is 84.1 g/mol. The first kappa shape index (κ1) is 4.71. The predicted molar refractivity (Wildman–Crippen MR) is 30.8 cm³/mol. The largest absolute Gasteiger partial charge is 0.103 e. The SMILES string of the molecule is CCC#CC1CC1. The second-order valence-corrected chi connectivity index (χ2v) is 1.95. The minimum atomic E-state index is 0.792. The molecular formula is C7H10. The smallest absolute Gasteiger partial charge is 0.0203 e. The highest BCUT2D eigenvalue weighted by atomic mass is 14.2. The van der Waals surface area contributed by atoms with E-state index in [0.29, 0.717) is 0 Å². The second-order valence-electron chi connectivity index (χ2n) is 1.95. The fraction of sp³-hybridized carbons (Fsp3) is 0.714. The van der Waals surface area contributed by atoms with Crippen molar-refractivity contribution in [3.05, 3.63) is 0 Å². The molecule has 0 N–H and O–H groups in total. The van der Waals surface area contributed by atoms with Crippen molar-refractivity contribution in [3.63, 3.8) is 0 Å². The lowest BCUT2D eigenvalue weighted by molar-refractivity contribution is 1.16. The predicted octanol–water partition coefficient (Wildman–Crippen LogP) is 1.81. The Labute approximate surface area is 44.9 Å². The van der Waals surface area contributed by atoms with Crippen molar-refractivity contribution in [1.29, 1.82) is 0 Å². The minimum Gasteiger partial charge on any atom is -0.103 e. The minimum absolute atomic E-state index is 0.792. The lowest BCUT2D eigenvalue weighted by Gasteiger charge is -1.68. The van der Waals surface area contributed by atoms with Crippen LogP contribution in [0.25, 0.3) is 0 Å². The average Bonchev–Trinajstić information content (AvgIpc) is 2.42. The standard InChI is InChI=1S/C7H10/c1-2-3-4-7-5-6-7/h7H,2,5-6H2,1H3. The summed E-state index contributed by atoms with van der Waals surface area (Å²) in [6, 6.07) is 0. The summed E-state index contributed by atoms with van der Waals surface area (Å²) in [6.45, 7) is 2.09. The van der Waals surface area contributed by atoms with Gasteiger partial charge in [-0.2, -0.15) is 0 Å². The van der Waals surface area contributed by atoms with Gasteiger partial charge >= 0.3 is 0 Å². The molecule has 0 atom stereocenters. The Balaban J connectivity index is 2.16. The van der Waals surface area contributed by atoms with Gasteiger partial charge in [-0.25, -0.2) is 0 Å². The van der Waals surface area contributed by atoms with Gasteiger partial charge in [-0.1, -0.05) is 12.8 Å². The van der Waals surface area contributed by atoms with E-state index in [4.69, 9.17) is 0 Å². The normalized spacial score (nSPS) is 17.9. The van der Waals surface area contributed by atoms with Crippen molar-refractivity contribution in [1.82, 2.24) is 0 Å². The van der Waals surface area contributed by atoms with Crippen LogP contribution in [-0.4, -0.2) is 0 Å². The van der Waals surface area contributed by atoms with E-state index in [-0.39, 0.29) is 0 Å².